The Morgan fingerprint density at radius 1 is 1.38 bits per heavy atom. The highest BCUT2D eigenvalue weighted by atomic mass is 15.2. The summed E-state index contributed by atoms with van der Waals surface area (Å²) in [4.78, 5) is 2.61. The van der Waals surface area contributed by atoms with Crippen molar-refractivity contribution in [1.29, 1.82) is 0 Å². The molecule has 1 aliphatic rings. The lowest BCUT2D eigenvalue weighted by Crippen LogP contribution is -2.45. The highest BCUT2D eigenvalue weighted by molar-refractivity contribution is 4.91. The fourth-order valence-electron chi connectivity index (χ4n) is 2.61. The Balaban J connectivity index is 2.51. The molecule has 1 heterocycles. The first-order valence-corrected chi connectivity index (χ1v) is 5.46. The second-order valence-electron chi connectivity index (χ2n) is 5.17. The number of rotatable bonds is 3. The predicted molar refractivity (Wildman–Crippen MR) is 57.7 cm³/mol. The average molecular weight is 184 g/mol. The molecule has 0 aromatic carbocycles. The molecule has 2 atom stereocenters. The van der Waals surface area contributed by atoms with E-state index < -0.39 is 0 Å². The van der Waals surface area contributed by atoms with Crippen LogP contribution >= 0.6 is 0 Å². The third-order valence-electron chi connectivity index (χ3n) is 3.21. The van der Waals surface area contributed by atoms with Gasteiger partial charge in [0.05, 0.1) is 0 Å². The van der Waals surface area contributed by atoms with E-state index in [9.17, 15) is 0 Å². The Morgan fingerprint density at radius 2 is 2.00 bits per heavy atom. The SMILES string of the molecule is CC(N)CC(C)N1CCCC1(C)C. The van der Waals surface area contributed by atoms with Gasteiger partial charge in [0.25, 0.3) is 0 Å². The summed E-state index contributed by atoms with van der Waals surface area (Å²) in [6.45, 7) is 10.3. The molecule has 0 aliphatic carbocycles. The topological polar surface area (TPSA) is 29.3 Å². The van der Waals surface area contributed by atoms with Gasteiger partial charge in [-0.3, -0.25) is 4.90 Å². The molecular weight excluding hydrogens is 160 g/mol. The van der Waals surface area contributed by atoms with Gasteiger partial charge in [0.2, 0.25) is 0 Å². The van der Waals surface area contributed by atoms with Crippen LogP contribution in [0.15, 0.2) is 0 Å². The first-order chi connectivity index (χ1) is 5.93. The third kappa shape index (κ3) is 2.68. The summed E-state index contributed by atoms with van der Waals surface area (Å²) >= 11 is 0. The molecule has 2 nitrogen and oxygen atoms in total. The fourth-order valence-corrected chi connectivity index (χ4v) is 2.61. The van der Waals surface area contributed by atoms with E-state index in [0.29, 0.717) is 17.6 Å². The van der Waals surface area contributed by atoms with Gasteiger partial charge in [0.15, 0.2) is 0 Å². The largest absolute Gasteiger partial charge is 0.328 e. The van der Waals surface area contributed by atoms with Crippen molar-refractivity contribution in [3.05, 3.63) is 0 Å². The van der Waals surface area contributed by atoms with Gasteiger partial charge < -0.3 is 5.73 Å². The number of nitrogens with zero attached hydrogens (tertiary/aromatic N) is 1. The van der Waals surface area contributed by atoms with Gasteiger partial charge in [0, 0.05) is 17.6 Å². The van der Waals surface area contributed by atoms with Gasteiger partial charge in [0.1, 0.15) is 0 Å². The number of likely N-dealkylation sites (tertiary alicyclic amines) is 1. The lowest BCUT2D eigenvalue weighted by molar-refractivity contribution is 0.116. The minimum absolute atomic E-state index is 0.325. The van der Waals surface area contributed by atoms with Gasteiger partial charge in [-0.15, -0.1) is 0 Å². The van der Waals surface area contributed by atoms with E-state index in [2.05, 4.69) is 32.6 Å². The van der Waals surface area contributed by atoms with Gasteiger partial charge in [-0.1, -0.05) is 0 Å². The predicted octanol–water partition coefficient (Wildman–Crippen LogP) is 1.99. The van der Waals surface area contributed by atoms with E-state index in [1.807, 2.05) is 0 Å². The second-order valence-corrected chi connectivity index (χ2v) is 5.17. The molecule has 1 saturated heterocycles. The van der Waals surface area contributed by atoms with Crippen LogP contribution in [0, 0.1) is 0 Å². The molecule has 78 valence electrons. The van der Waals surface area contributed by atoms with Gasteiger partial charge in [-0.25, -0.2) is 0 Å². The average Bonchev–Trinajstić information content (AvgIpc) is 2.27. The standard InChI is InChI=1S/C11H24N2/c1-9(12)8-10(2)13-7-5-6-11(13,3)4/h9-10H,5-8,12H2,1-4H3. The molecule has 13 heavy (non-hydrogen) atoms. The van der Waals surface area contributed by atoms with Crippen molar-refractivity contribution in [3.63, 3.8) is 0 Å². The quantitative estimate of drug-likeness (QED) is 0.727. The number of hydrogen-bond acceptors (Lipinski definition) is 2. The van der Waals surface area contributed by atoms with Crippen molar-refractivity contribution in [1.82, 2.24) is 4.90 Å². The number of hydrogen-bond donors (Lipinski definition) is 1. The van der Waals surface area contributed by atoms with Crippen molar-refractivity contribution in [2.75, 3.05) is 6.54 Å². The molecule has 2 heteroatoms. The molecule has 0 aromatic rings. The third-order valence-corrected chi connectivity index (χ3v) is 3.21. The maximum Gasteiger partial charge on any atom is 0.0156 e. The molecule has 0 bridgehead atoms. The maximum atomic E-state index is 5.82. The van der Waals surface area contributed by atoms with Crippen LogP contribution in [-0.2, 0) is 0 Å². The lowest BCUT2D eigenvalue weighted by Gasteiger charge is -2.37. The Labute approximate surface area is 82.5 Å². The zero-order valence-corrected chi connectivity index (χ0v) is 9.51. The normalized spacial score (nSPS) is 27.5. The van der Waals surface area contributed by atoms with Crippen molar-refractivity contribution >= 4 is 0 Å². The van der Waals surface area contributed by atoms with Crippen LogP contribution in [0.3, 0.4) is 0 Å². The van der Waals surface area contributed by atoms with Crippen molar-refractivity contribution in [3.8, 4) is 0 Å². The van der Waals surface area contributed by atoms with Gasteiger partial charge in [-0.05, 0) is 53.5 Å². The van der Waals surface area contributed by atoms with E-state index in [0.717, 1.165) is 6.42 Å². The molecule has 1 aliphatic heterocycles. The van der Waals surface area contributed by atoms with E-state index >= 15 is 0 Å². The maximum absolute atomic E-state index is 5.82. The highest BCUT2D eigenvalue weighted by Gasteiger charge is 2.34. The zero-order chi connectivity index (χ0) is 10.1. The number of nitrogens with two attached hydrogens (primary N) is 1. The molecule has 0 amide bonds. The molecule has 2 N–H and O–H groups in total. The second kappa shape index (κ2) is 3.97. The van der Waals surface area contributed by atoms with E-state index in [4.69, 9.17) is 5.73 Å². The summed E-state index contributed by atoms with van der Waals surface area (Å²) in [5.41, 5.74) is 6.22. The summed E-state index contributed by atoms with van der Waals surface area (Å²) < 4.78 is 0. The molecule has 1 rings (SSSR count). The zero-order valence-electron chi connectivity index (χ0n) is 9.51. The van der Waals surface area contributed by atoms with Crippen molar-refractivity contribution in [2.45, 2.75) is 64.6 Å². The van der Waals surface area contributed by atoms with Crippen LogP contribution in [0.1, 0.15) is 47.0 Å². The molecular formula is C11H24N2. The summed E-state index contributed by atoms with van der Waals surface area (Å²) in [5.74, 6) is 0. The Morgan fingerprint density at radius 3 is 2.38 bits per heavy atom. The molecule has 0 radical (unpaired) electrons. The van der Waals surface area contributed by atoms with E-state index in [1.165, 1.54) is 19.4 Å². The van der Waals surface area contributed by atoms with E-state index in [1.54, 1.807) is 0 Å². The van der Waals surface area contributed by atoms with Crippen LogP contribution in [0.25, 0.3) is 0 Å². The Bertz CT molecular complexity index is 163. The Kier molecular flexibility index (Phi) is 3.36. The van der Waals surface area contributed by atoms with Gasteiger partial charge in [-0.2, -0.15) is 0 Å². The smallest absolute Gasteiger partial charge is 0.0156 e. The van der Waals surface area contributed by atoms with Crippen molar-refractivity contribution < 1.29 is 0 Å². The van der Waals surface area contributed by atoms with Crippen LogP contribution < -0.4 is 5.73 Å². The molecule has 1 fully saturated rings. The highest BCUT2D eigenvalue weighted by Crippen LogP contribution is 2.31. The van der Waals surface area contributed by atoms with Crippen LogP contribution in [-0.4, -0.2) is 29.1 Å². The molecule has 0 spiro atoms. The first-order valence-electron chi connectivity index (χ1n) is 5.46. The molecule has 2 unspecified atom stereocenters. The lowest BCUT2D eigenvalue weighted by atomic mass is 9.99. The minimum Gasteiger partial charge on any atom is -0.328 e. The first kappa shape index (κ1) is 11.0. The fraction of sp³-hybridized carbons (Fsp3) is 1.00. The van der Waals surface area contributed by atoms with Crippen LogP contribution in [0.4, 0.5) is 0 Å². The van der Waals surface area contributed by atoms with E-state index in [-0.39, 0.29) is 0 Å². The molecule has 0 aromatic heterocycles. The molecule has 0 saturated carbocycles. The van der Waals surface area contributed by atoms with Crippen molar-refractivity contribution in [2.24, 2.45) is 5.73 Å². The minimum atomic E-state index is 0.325. The Hall–Kier alpha value is -0.0800. The summed E-state index contributed by atoms with van der Waals surface area (Å²) in [6, 6.07) is 0.962. The van der Waals surface area contributed by atoms with Crippen LogP contribution in [0.5, 0.6) is 0 Å². The van der Waals surface area contributed by atoms with Gasteiger partial charge >= 0.3 is 0 Å². The summed E-state index contributed by atoms with van der Waals surface area (Å²) in [7, 11) is 0. The monoisotopic (exact) mass is 184 g/mol. The summed E-state index contributed by atoms with van der Waals surface area (Å²) in [6.07, 6.45) is 3.79. The summed E-state index contributed by atoms with van der Waals surface area (Å²) in [5, 5.41) is 0. The van der Waals surface area contributed by atoms with Crippen LogP contribution in [0.2, 0.25) is 0 Å².